The molecule has 4 aliphatic heterocycles. The maximum atomic E-state index is 17.2. The lowest BCUT2D eigenvalue weighted by Gasteiger charge is -2.40. The van der Waals surface area contributed by atoms with Crippen molar-refractivity contribution >= 4 is 52.9 Å². The Morgan fingerprint density at radius 3 is 2.34 bits per heavy atom. The quantitative estimate of drug-likeness (QED) is 0.0750. The number of amides is 2. The molecule has 410 valence electrons. The van der Waals surface area contributed by atoms with Gasteiger partial charge < -0.3 is 49.2 Å². The molecule has 5 fully saturated rings. The molecule has 0 radical (unpaired) electrons. The van der Waals surface area contributed by atoms with Crippen molar-refractivity contribution in [2.75, 3.05) is 95.9 Å². The molecule has 3 atom stereocenters. The molecule has 0 spiro atoms. The fraction of sp³-hybridized carbons (Fsp3) is 0.542. The molecule has 2 aromatic heterocycles. The second-order valence-electron chi connectivity index (χ2n) is 22.1. The van der Waals surface area contributed by atoms with E-state index < -0.39 is 17.7 Å². The standard InChI is InChI=1S/C56H68F2N10O5.C3H6O/c1-5-44-47(57)13-9-38-26-43(71)27-45(49(38)44)51-50(58)52-46(28-60-51)53(67-31-41-11-12-42(32-67)63(41)4)62-55(61-52)73-34-56(16-17-56)33-65-22-20-64(21-23-65)29-37-14-18-66(19-15-37)40-10-8-36(2)39(25-40)30-68(35-70)48(7-6-24-69)54(72)59-3;1-2-3-4/h1,8,10,24-28,35,37,41-42,48,71H,6-7,9,11-23,29-34H2,2-4H3,(H,59,72);3H,2H2,1H3. The minimum Gasteiger partial charge on any atom is -0.508 e. The molecule has 18 heteroatoms. The van der Waals surface area contributed by atoms with Crippen molar-refractivity contribution in [1.29, 1.82) is 0 Å². The first-order chi connectivity index (χ1) is 37.3. The van der Waals surface area contributed by atoms with Crippen LogP contribution in [0, 0.1) is 36.4 Å². The number of aromatic hydroxyl groups is 1. The molecule has 6 heterocycles. The minimum atomic E-state index is -0.712. The van der Waals surface area contributed by atoms with Crippen molar-refractivity contribution in [3.8, 4) is 35.4 Å². The van der Waals surface area contributed by atoms with Gasteiger partial charge in [0, 0.05) is 139 Å². The first-order valence-corrected chi connectivity index (χ1v) is 27.6. The summed E-state index contributed by atoms with van der Waals surface area (Å²) in [5.41, 5.74) is 4.37. The Hall–Kier alpha value is -6.55. The van der Waals surface area contributed by atoms with Crippen LogP contribution in [0.1, 0.15) is 93.4 Å². The third-order valence-corrected chi connectivity index (χ3v) is 17.0. The summed E-state index contributed by atoms with van der Waals surface area (Å²) in [5, 5.41) is 13.9. The number of fused-ring (bicyclic) bond motifs is 4. The van der Waals surface area contributed by atoms with Crippen molar-refractivity contribution in [3.05, 3.63) is 70.4 Å². The van der Waals surface area contributed by atoms with Crippen LogP contribution in [-0.4, -0.2) is 169 Å². The van der Waals surface area contributed by atoms with E-state index in [-0.39, 0.29) is 71.2 Å². The molecule has 6 aliphatic rings. The summed E-state index contributed by atoms with van der Waals surface area (Å²) < 4.78 is 38.9. The van der Waals surface area contributed by atoms with E-state index in [1.807, 2.05) is 13.8 Å². The summed E-state index contributed by atoms with van der Waals surface area (Å²) in [4.78, 5) is 73.2. The largest absolute Gasteiger partial charge is 0.508 e. The van der Waals surface area contributed by atoms with E-state index in [4.69, 9.17) is 21.1 Å². The molecular weight excluding hydrogens is 983 g/mol. The summed E-state index contributed by atoms with van der Waals surface area (Å²) in [6.45, 7) is 13.8. The number of carbonyl (C=O) groups is 4. The smallest absolute Gasteiger partial charge is 0.319 e. The zero-order valence-corrected chi connectivity index (χ0v) is 45.1. The van der Waals surface area contributed by atoms with E-state index in [9.17, 15) is 24.3 Å². The zero-order valence-electron chi connectivity index (χ0n) is 45.1. The number of nitrogens with zero attached hydrogens (tertiary/aromatic N) is 9. The number of hydrogen-bond donors (Lipinski definition) is 2. The van der Waals surface area contributed by atoms with Gasteiger partial charge in [0.2, 0.25) is 12.3 Å². The third-order valence-electron chi connectivity index (χ3n) is 17.0. The number of piperazine rings is 2. The average molecular weight is 1060 g/mol. The number of phenolic OH excluding ortho intramolecular Hbond substituents is 1. The molecule has 1 saturated carbocycles. The van der Waals surface area contributed by atoms with Gasteiger partial charge in [0.25, 0.3) is 0 Å². The monoisotopic (exact) mass is 1060 g/mol. The van der Waals surface area contributed by atoms with Gasteiger partial charge in [0.05, 0.1) is 17.6 Å². The van der Waals surface area contributed by atoms with Crippen LogP contribution in [0.15, 0.2) is 42.4 Å². The number of hydrogen-bond acceptors (Lipinski definition) is 14. The highest BCUT2D eigenvalue weighted by molar-refractivity contribution is 5.96. The number of benzene rings is 2. The topological polar surface area (TPSA) is 168 Å². The van der Waals surface area contributed by atoms with Crippen LogP contribution in [0.5, 0.6) is 11.8 Å². The predicted molar refractivity (Wildman–Crippen MR) is 294 cm³/mol. The maximum Gasteiger partial charge on any atom is 0.319 e. The number of carbonyl (C=O) groups excluding carboxylic acids is 4. The number of ether oxygens (including phenoxy) is 1. The normalized spacial score (nSPS) is 20.9. The van der Waals surface area contributed by atoms with Crippen LogP contribution in [-0.2, 0) is 32.1 Å². The van der Waals surface area contributed by atoms with Crippen LogP contribution >= 0.6 is 0 Å². The minimum absolute atomic E-state index is 0.0470. The molecule has 2 amide bonds. The van der Waals surface area contributed by atoms with Crippen LogP contribution in [0.4, 0.5) is 20.3 Å². The van der Waals surface area contributed by atoms with E-state index in [1.54, 1.807) is 19.3 Å². The Bertz CT molecular complexity index is 2880. The molecule has 16 nitrogen and oxygen atoms in total. The summed E-state index contributed by atoms with van der Waals surface area (Å²) in [7, 11) is 3.71. The summed E-state index contributed by atoms with van der Waals surface area (Å²) in [6.07, 6.45) is 17.7. The number of nitrogens with one attached hydrogen (secondary N) is 1. The highest BCUT2D eigenvalue weighted by Crippen LogP contribution is 2.47. The van der Waals surface area contributed by atoms with Crippen LogP contribution in [0.2, 0.25) is 0 Å². The molecule has 3 unspecified atom stereocenters. The predicted octanol–water partition coefficient (Wildman–Crippen LogP) is 6.73. The van der Waals surface area contributed by atoms with Gasteiger partial charge in [-0.2, -0.15) is 9.97 Å². The zero-order chi connectivity index (χ0) is 54.4. The lowest BCUT2D eigenvalue weighted by Crippen LogP contribution is -2.52. The molecule has 77 heavy (non-hydrogen) atoms. The Morgan fingerprint density at radius 2 is 1.69 bits per heavy atom. The maximum absolute atomic E-state index is 17.2. The molecule has 2 aliphatic carbocycles. The summed E-state index contributed by atoms with van der Waals surface area (Å²) in [5.74, 6) is 2.15. The highest BCUT2D eigenvalue weighted by Gasteiger charge is 2.46. The van der Waals surface area contributed by atoms with Crippen molar-refractivity contribution in [2.45, 2.75) is 109 Å². The van der Waals surface area contributed by atoms with Gasteiger partial charge in [-0.05, 0) is 112 Å². The Kier molecular flexibility index (Phi) is 17.5. The Labute approximate surface area is 451 Å². The Balaban J connectivity index is 0.00000175. The molecule has 4 aromatic rings. The molecule has 2 N–H and O–H groups in total. The van der Waals surface area contributed by atoms with Crippen LogP contribution in [0.25, 0.3) is 27.7 Å². The number of terminal acetylenes is 1. The van der Waals surface area contributed by atoms with Crippen LogP contribution < -0.4 is 19.9 Å². The lowest BCUT2D eigenvalue weighted by molar-refractivity contribution is -0.133. The second kappa shape index (κ2) is 24.4. The number of piperidine rings is 1. The SMILES string of the molecule is C#CC1=C(F)CCc2cc(O)cc(-c3ncc4c(N5CC6CCC(C5)N6C)nc(OCC5(CN6CCN(CC7CCN(c8ccc(C)c(CN(C=O)C(CCC=O)C(=O)NC)c8)CC7)CC6)CC5)nc4c3F)c21.CCC=O. The van der Waals surface area contributed by atoms with Crippen molar-refractivity contribution in [1.82, 2.24) is 39.9 Å². The molecular formula is C59H74F2N10O6. The fourth-order valence-corrected chi connectivity index (χ4v) is 12.2. The molecule has 4 saturated heterocycles. The van der Waals surface area contributed by atoms with Crippen molar-refractivity contribution < 1.29 is 37.8 Å². The first kappa shape index (κ1) is 55.2. The number of pyridine rings is 1. The number of halogens is 2. The van der Waals surface area contributed by atoms with Gasteiger partial charge in [-0.1, -0.05) is 18.9 Å². The van der Waals surface area contributed by atoms with Crippen LogP contribution in [0.3, 0.4) is 0 Å². The van der Waals surface area contributed by atoms with Gasteiger partial charge in [-0.3, -0.25) is 19.5 Å². The first-order valence-electron chi connectivity index (χ1n) is 27.6. The second-order valence-corrected chi connectivity index (χ2v) is 22.1. The van der Waals surface area contributed by atoms with E-state index in [1.165, 1.54) is 11.0 Å². The summed E-state index contributed by atoms with van der Waals surface area (Å²) in [6, 6.07) is 9.43. The third kappa shape index (κ3) is 12.3. The van der Waals surface area contributed by atoms with E-state index >= 15 is 8.78 Å². The average Bonchev–Trinajstić information content (AvgIpc) is 4.20. The molecule has 10 rings (SSSR count). The highest BCUT2D eigenvalue weighted by atomic mass is 19.1. The van der Waals surface area contributed by atoms with E-state index in [0.29, 0.717) is 66.2 Å². The van der Waals surface area contributed by atoms with Gasteiger partial charge in [0.15, 0.2) is 5.82 Å². The van der Waals surface area contributed by atoms with E-state index in [2.05, 4.69) is 66.0 Å². The summed E-state index contributed by atoms with van der Waals surface area (Å²) >= 11 is 0. The van der Waals surface area contributed by atoms with Crippen molar-refractivity contribution in [3.63, 3.8) is 0 Å². The number of allylic oxidation sites excluding steroid dienone is 2. The lowest BCUT2D eigenvalue weighted by atomic mass is 9.85. The van der Waals surface area contributed by atoms with E-state index in [0.717, 1.165) is 133 Å². The number of anilines is 2. The molecule has 2 aromatic carbocycles. The van der Waals surface area contributed by atoms with Gasteiger partial charge in [0.1, 0.15) is 47.2 Å². The van der Waals surface area contributed by atoms with Gasteiger partial charge in [-0.15, -0.1) is 6.42 Å². The van der Waals surface area contributed by atoms with Gasteiger partial charge in [-0.25, -0.2) is 8.78 Å². The number of aromatic nitrogens is 3. The number of aryl methyl sites for hydroxylation is 2. The fourth-order valence-electron chi connectivity index (χ4n) is 12.2. The number of likely N-dealkylation sites (N-methyl/N-ethyl adjacent to an activating group) is 2. The van der Waals surface area contributed by atoms with Gasteiger partial charge >= 0.3 is 6.01 Å². The van der Waals surface area contributed by atoms with Crippen molar-refractivity contribution in [2.24, 2.45) is 11.3 Å². The molecule has 2 bridgehead atoms. The number of phenols is 1. The number of aldehydes is 2. The Morgan fingerprint density at radius 1 is 0.974 bits per heavy atom. The number of rotatable bonds is 19.